The molecule has 0 saturated carbocycles. The van der Waals surface area contributed by atoms with Crippen molar-refractivity contribution < 1.29 is 4.39 Å². The van der Waals surface area contributed by atoms with Gasteiger partial charge in [-0.1, -0.05) is 6.92 Å². The Morgan fingerprint density at radius 3 is 2.74 bits per heavy atom. The lowest BCUT2D eigenvalue weighted by Gasteiger charge is -2.16. The van der Waals surface area contributed by atoms with Gasteiger partial charge in [-0.15, -0.1) is 11.3 Å². The monoisotopic (exact) mass is 341 g/mol. The molecule has 0 bridgehead atoms. The summed E-state index contributed by atoms with van der Waals surface area (Å²) in [5, 5.41) is 3.45. The fourth-order valence-corrected chi connectivity index (χ4v) is 3.22. The number of nitrogens with one attached hydrogen (secondary N) is 1. The van der Waals surface area contributed by atoms with Gasteiger partial charge in [-0.25, -0.2) is 4.39 Å². The Balaban J connectivity index is 2.18. The first-order valence-corrected chi connectivity index (χ1v) is 7.93. The number of anilines is 1. The lowest BCUT2D eigenvalue weighted by molar-refractivity contribution is 0.620. The van der Waals surface area contributed by atoms with Gasteiger partial charge in [-0.05, 0) is 66.0 Å². The highest BCUT2D eigenvalue weighted by atomic mass is 79.9. The summed E-state index contributed by atoms with van der Waals surface area (Å²) in [6.07, 6.45) is 1.07. The van der Waals surface area contributed by atoms with E-state index in [1.54, 1.807) is 12.1 Å². The predicted molar refractivity (Wildman–Crippen MR) is 84.6 cm³/mol. The minimum atomic E-state index is -0.222. The number of rotatable bonds is 4. The van der Waals surface area contributed by atoms with Crippen LogP contribution in [0.15, 0.2) is 28.7 Å². The van der Waals surface area contributed by atoms with Crippen molar-refractivity contribution in [2.24, 2.45) is 0 Å². The van der Waals surface area contributed by atoms with Gasteiger partial charge in [0.2, 0.25) is 0 Å². The molecule has 0 aliphatic carbocycles. The van der Waals surface area contributed by atoms with Crippen molar-refractivity contribution in [1.29, 1.82) is 0 Å². The van der Waals surface area contributed by atoms with Gasteiger partial charge < -0.3 is 5.32 Å². The molecular formula is C15H17BrFNS. The van der Waals surface area contributed by atoms with Crippen molar-refractivity contribution in [3.63, 3.8) is 0 Å². The Hall–Kier alpha value is -0.870. The molecule has 1 unspecified atom stereocenters. The largest absolute Gasteiger partial charge is 0.377 e. The molecule has 1 aromatic carbocycles. The Morgan fingerprint density at radius 1 is 1.37 bits per heavy atom. The van der Waals surface area contributed by atoms with Crippen molar-refractivity contribution in [1.82, 2.24) is 0 Å². The Morgan fingerprint density at radius 2 is 2.11 bits per heavy atom. The molecular weight excluding hydrogens is 325 g/mol. The Labute approximate surface area is 126 Å². The average molecular weight is 342 g/mol. The molecule has 0 saturated heterocycles. The van der Waals surface area contributed by atoms with Crippen LogP contribution in [0.4, 0.5) is 10.1 Å². The van der Waals surface area contributed by atoms with Crippen molar-refractivity contribution in [3.8, 4) is 0 Å². The summed E-state index contributed by atoms with van der Waals surface area (Å²) in [5.41, 5.74) is 1.88. The average Bonchev–Trinajstić information content (AvgIpc) is 2.84. The van der Waals surface area contributed by atoms with E-state index >= 15 is 0 Å². The molecule has 0 aliphatic rings. The fraction of sp³-hybridized carbons (Fsp3) is 0.333. The van der Waals surface area contributed by atoms with E-state index in [2.05, 4.69) is 47.2 Å². The lowest BCUT2D eigenvalue weighted by Crippen LogP contribution is -2.06. The highest BCUT2D eigenvalue weighted by Gasteiger charge is 2.11. The van der Waals surface area contributed by atoms with E-state index in [9.17, 15) is 4.39 Å². The second kappa shape index (κ2) is 6.06. The van der Waals surface area contributed by atoms with Gasteiger partial charge >= 0.3 is 0 Å². The van der Waals surface area contributed by atoms with Crippen LogP contribution in [0.5, 0.6) is 0 Å². The molecule has 19 heavy (non-hydrogen) atoms. The smallest absolute Gasteiger partial charge is 0.137 e. The third-order valence-corrected chi connectivity index (χ3v) is 5.12. The summed E-state index contributed by atoms with van der Waals surface area (Å²) in [4.78, 5) is 2.69. The van der Waals surface area contributed by atoms with Gasteiger partial charge in [-0.3, -0.25) is 0 Å². The van der Waals surface area contributed by atoms with Gasteiger partial charge in [0, 0.05) is 15.4 Å². The van der Waals surface area contributed by atoms with Crippen molar-refractivity contribution >= 4 is 33.0 Å². The van der Waals surface area contributed by atoms with E-state index in [1.807, 2.05) is 18.3 Å². The molecule has 1 atom stereocenters. The minimum Gasteiger partial charge on any atom is -0.377 e. The number of hydrogen-bond acceptors (Lipinski definition) is 2. The number of aryl methyl sites for hydroxylation is 2. The number of halogens is 2. The van der Waals surface area contributed by atoms with E-state index in [0.29, 0.717) is 4.47 Å². The molecule has 0 spiro atoms. The molecule has 1 aromatic heterocycles. The summed E-state index contributed by atoms with van der Waals surface area (Å²) in [6, 6.07) is 7.91. The molecule has 102 valence electrons. The summed E-state index contributed by atoms with van der Waals surface area (Å²) in [7, 11) is 0. The summed E-state index contributed by atoms with van der Waals surface area (Å²) in [6.45, 7) is 6.20. The van der Waals surface area contributed by atoms with E-state index in [-0.39, 0.29) is 11.9 Å². The molecule has 1 nitrogen and oxygen atoms in total. The number of hydrogen-bond donors (Lipinski definition) is 1. The van der Waals surface area contributed by atoms with E-state index in [4.69, 9.17) is 0 Å². The zero-order valence-electron chi connectivity index (χ0n) is 11.3. The van der Waals surface area contributed by atoms with Gasteiger partial charge in [0.25, 0.3) is 0 Å². The molecule has 1 heterocycles. The normalized spacial score (nSPS) is 12.5. The third-order valence-electron chi connectivity index (χ3n) is 3.10. The highest BCUT2D eigenvalue weighted by Crippen LogP contribution is 2.30. The van der Waals surface area contributed by atoms with Gasteiger partial charge in [0.1, 0.15) is 5.82 Å². The number of thiophene rings is 1. The van der Waals surface area contributed by atoms with Crippen LogP contribution in [0.3, 0.4) is 0 Å². The van der Waals surface area contributed by atoms with Crippen LogP contribution in [0.25, 0.3) is 0 Å². The van der Waals surface area contributed by atoms with Crippen molar-refractivity contribution in [2.75, 3.05) is 5.32 Å². The maximum absolute atomic E-state index is 13.4. The predicted octanol–water partition coefficient (Wildman–Crippen LogP) is 5.69. The molecule has 0 aliphatic heterocycles. The minimum absolute atomic E-state index is 0.222. The highest BCUT2D eigenvalue weighted by molar-refractivity contribution is 9.10. The Bertz CT molecular complexity index is 580. The maximum atomic E-state index is 13.4. The molecule has 2 aromatic rings. The van der Waals surface area contributed by atoms with Crippen molar-refractivity contribution in [2.45, 2.75) is 33.2 Å². The molecule has 0 radical (unpaired) electrons. The zero-order valence-corrected chi connectivity index (χ0v) is 13.7. The first kappa shape index (κ1) is 14.5. The van der Waals surface area contributed by atoms with Crippen LogP contribution in [0.2, 0.25) is 0 Å². The van der Waals surface area contributed by atoms with Crippen LogP contribution in [-0.2, 0) is 6.42 Å². The van der Waals surface area contributed by atoms with E-state index < -0.39 is 0 Å². The quantitative estimate of drug-likeness (QED) is 0.752. The first-order valence-electron chi connectivity index (χ1n) is 6.32. The topological polar surface area (TPSA) is 12.0 Å². The third kappa shape index (κ3) is 3.37. The van der Waals surface area contributed by atoms with Gasteiger partial charge in [-0.2, -0.15) is 0 Å². The van der Waals surface area contributed by atoms with Crippen LogP contribution >= 0.6 is 27.3 Å². The van der Waals surface area contributed by atoms with Crippen LogP contribution < -0.4 is 5.32 Å². The molecule has 0 amide bonds. The first-order chi connectivity index (χ1) is 9.01. The summed E-state index contributed by atoms with van der Waals surface area (Å²) in [5.74, 6) is -0.222. The molecule has 1 N–H and O–H groups in total. The number of benzene rings is 1. The van der Waals surface area contributed by atoms with Gasteiger partial charge in [0.15, 0.2) is 0 Å². The standard InChI is InChI=1S/C15H17BrFNS/c1-4-11-5-6-15(19-11)10(3)18-14-8-12(16)13(17)7-9(14)2/h5-8,10,18H,4H2,1-3H3. The van der Waals surface area contributed by atoms with E-state index in [0.717, 1.165) is 17.7 Å². The van der Waals surface area contributed by atoms with Gasteiger partial charge in [0.05, 0.1) is 10.5 Å². The molecule has 0 fully saturated rings. The van der Waals surface area contributed by atoms with E-state index in [1.165, 1.54) is 9.75 Å². The zero-order chi connectivity index (χ0) is 14.0. The van der Waals surface area contributed by atoms with Crippen LogP contribution in [0, 0.1) is 12.7 Å². The molecule has 2 rings (SSSR count). The second-order valence-electron chi connectivity index (χ2n) is 4.60. The van der Waals surface area contributed by atoms with Crippen molar-refractivity contribution in [3.05, 3.63) is 49.9 Å². The molecule has 4 heteroatoms. The SMILES string of the molecule is CCc1ccc(C(C)Nc2cc(Br)c(F)cc2C)s1. The lowest BCUT2D eigenvalue weighted by atomic mass is 10.1. The second-order valence-corrected chi connectivity index (χ2v) is 6.66. The fourth-order valence-electron chi connectivity index (χ4n) is 1.92. The maximum Gasteiger partial charge on any atom is 0.137 e. The Kier molecular flexibility index (Phi) is 4.63. The summed E-state index contributed by atoms with van der Waals surface area (Å²) < 4.78 is 13.9. The van der Waals surface area contributed by atoms with Crippen LogP contribution in [0.1, 0.15) is 35.2 Å². The van der Waals surface area contributed by atoms with Crippen LogP contribution in [-0.4, -0.2) is 0 Å². The summed E-state index contributed by atoms with van der Waals surface area (Å²) >= 11 is 5.05.